The smallest absolute Gasteiger partial charge is 0.312 e. The van der Waals surface area contributed by atoms with Gasteiger partial charge in [0.05, 0.1) is 0 Å². The molecule has 1 saturated heterocycles. The molecule has 1 N–H and O–H groups in total. The summed E-state index contributed by atoms with van der Waals surface area (Å²) in [5.41, 5.74) is 4.81. The Morgan fingerprint density at radius 2 is 1.61 bits per heavy atom. The monoisotopic (exact) mass is 379 g/mol. The second kappa shape index (κ2) is 8.25. The molecule has 1 fully saturated rings. The molecule has 0 radical (unpaired) electrons. The number of nitrogens with zero attached hydrogens (tertiary/aromatic N) is 2. The number of carbonyl (C=O) groups is 3. The van der Waals surface area contributed by atoms with E-state index < -0.39 is 11.8 Å². The first kappa shape index (κ1) is 19.6. The van der Waals surface area contributed by atoms with Crippen LogP contribution in [-0.2, 0) is 20.9 Å². The zero-order chi connectivity index (χ0) is 20.3. The first-order chi connectivity index (χ1) is 13.3. The predicted octanol–water partition coefficient (Wildman–Crippen LogP) is 2.42. The minimum Gasteiger partial charge on any atom is -0.328 e. The molecule has 0 atom stereocenters. The van der Waals surface area contributed by atoms with Crippen molar-refractivity contribution in [2.75, 3.05) is 25.0 Å². The molecule has 28 heavy (non-hydrogen) atoms. The molecule has 6 nitrogen and oxygen atoms in total. The molecule has 0 aliphatic carbocycles. The SMILES string of the molecule is Cc1cccc(CN2CCN(CC(=O)Nc3cc(C)ccc3C)C(=O)C2=O)c1. The van der Waals surface area contributed by atoms with Gasteiger partial charge >= 0.3 is 11.8 Å². The molecule has 0 unspecified atom stereocenters. The normalized spacial score (nSPS) is 14.4. The second-order valence-corrected chi connectivity index (χ2v) is 7.31. The Hall–Kier alpha value is -3.15. The van der Waals surface area contributed by atoms with Crippen molar-refractivity contribution in [2.45, 2.75) is 27.3 Å². The Morgan fingerprint density at radius 1 is 0.929 bits per heavy atom. The molecule has 2 aromatic rings. The van der Waals surface area contributed by atoms with E-state index in [-0.39, 0.29) is 12.5 Å². The van der Waals surface area contributed by atoms with Crippen LogP contribution in [0.3, 0.4) is 0 Å². The second-order valence-electron chi connectivity index (χ2n) is 7.31. The third kappa shape index (κ3) is 4.57. The average Bonchev–Trinajstić information content (AvgIpc) is 2.64. The van der Waals surface area contributed by atoms with Gasteiger partial charge in [-0.15, -0.1) is 0 Å². The van der Waals surface area contributed by atoms with Crippen LogP contribution in [0, 0.1) is 20.8 Å². The van der Waals surface area contributed by atoms with Gasteiger partial charge < -0.3 is 15.1 Å². The van der Waals surface area contributed by atoms with Crippen LogP contribution in [0.5, 0.6) is 0 Å². The van der Waals surface area contributed by atoms with E-state index in [0.717, 1.165) is 27.9 Å². The van der Waals surface area contributed by atoms with Crippen LogP contribution >= 0.6 is 0 Å². The summed E-state index contributed by atoms with van der Waals surface area (Å²) in [5, 5.41) is 2.83. The molecule has 1 aliphatic heterocycles. The van der Waals surface area contributed by atoms with Crippen LogP contribution in [0.4, 0.5) is 5.69 Å². The highest BCUT2D eigenvalue weighted by molar-refractivity contribution is 6.35. The maximum absolute atomic E-state index is 12.5. The van der Waals surface area contributed by atoms with Crippen LogP contribution in [0.2, 0.25) is 0 Å². The molecule has 6 heteroatoms. The predicted molar refractivity (Wildman–Crippen MR) is 108 cm³/mol. The molecular formula is C22H25N3O3. The summed E-state index contributed by atoms with van der Waals surface area (Å²) in [6.07, 6.45) is 0. The third-order valence-electron chi connectivity index (χ3n) is 4.85. The van der Waals surface area contributed by atoms with E-state index in [1.54, 1.807) is 0 Å². The van der Waals surface area contributed by atoms with E-state index in [0.29, 0.717) is 19.6 Å². The first-order valence-corrected chi connectivity index (χ1v) is 9.34. The fourth-order valence-electron chi connectivity index (χ4n) is 3.28. The topological polar surface area (TPSA) is 69.7 Å². The summed E-state index contributed by atoms with van der Waals surface area (Å²) in [5.74, 6) is -1.50. The number of benzene rings is 2. The van der Waals surface area contributed by atoms with Gasteiger partial charge in [-0.05, 0) is 43.5 Å². The molecular weight excluding hydrogens is 354 g/mol. The summed E-state index contributed by atoms with van der Waals surface area (Å²) >= 11 is 0. The van der Waals surface area contributed by atoms with Crippen molar-refractivity contribution >= 4 is 23.4 Å². The van der Waals surface area contributed by atoms with E-state index >= 15 is 0 Å². The van der Waals surface area contributed by atoms with Gasteiger partial charge in [-0.2, -0.15) is 0 Å². The first-order valence-electron chi connectivity index (χ1n) is 9.34. The van der Waals surface area contributed by atoms with Gasteiger partial charge in [-0.3, -0.25) is 14.4 Å². The molecule has 1 heterocycles. The van der Waals surface area contributed by atoms with Crippen molar-refractivity contribution in [2.24, 2.45) is 0 Å². The molecule has 3 rings (SSSR count). The maximum atomic E-state index is 12.5. The third-order valence-corrected chi connectivity index (χ3v) is 4.85. The molecule has 0 bridgehead atoms. The Morgan fingerprint density at radius 3 is 2.36 bits per heavy atom. The number of hydrogen-bond donors (Lipinski definition) is 1. The number of hydrogen-bond acceptors (Lipinski definition) is 3. The van der Waals surface area contributed by atoms with Gasteiger partial charge in [0.1, 0.15) is 6.54 Å². The molecule has 2 aromatic carbocycles. The highest BCUT2D eigenvalue weighted by atomic mass is 16.2. The minimum atomic E-state index is -0.630. The van der Waals surface area contributed by atoms with Crippen molar-refractivity contribution < 1.29 is 14.4 Å². The lowest BCUT2D eigenvalue weighted by Crippen LogP contribution is -2.55. The highest BCUT2D eigenvalue weighted by Crippen LogP contribution is 2.17. The van der Waals surface area contributed by atoms with Crippen molar-refractivity contribution in [1.82, 2.24) is 9.80 Å². The van der Waals surface area contributed by atoms with Crippen LogP contribution in [-0.4, -0.2) is 47.2 Å². The lowest BCUT2D eigenvalue weighted by molar-refractivity contribution is -0.157. The van der Waals surface area contributed by atoms with Crippen molar-refractivity contribution in [3.05, 3.63) is 64.7 Å². The molecule has 1 aliphatic rings. The molecule has 146 valence electrons. The Labute approximate surface area is 165 Å². The Kier molecular flexibility index (Phi) is 5.78. The van der Waals surface area contributed by atoms with E-state index in [9.17, 15) is 14.4 Å². The maximum Gasteiger partial charge on any atom is 0.312 e. The summed E-state index contributed by atoms with van der Waals surface area (Å²) in [7, 11) is 0. The number of amides is 3. The largest absolute Gasteiger partial charge is 0.328 e. The van der Waals surface area contributed by atoms with Gasteiger partial charge in [0.2, 0.25) is 5.91 Å². The van der Waals surface area contributed by atoms with Crippen molar-refractivity contribution in [3.8, 4) is 0 Å². The Bertz CT molecular complexity index is 923. The number of rotatable bonds is 5. The van der Waals surface area contributed by atoms with Crippen molar-refractivity contribution in [3.63, 3.8) is 0 Å². The minimum absolute atomic E-state index is 0.129. The van der Waals surface area contributed by atoms with Crippen molar-refractivity contribution in [1.29, 1.82) is 0 Å². The number of anilines is 1. The van der Waals surface area contributed by atoms with Crippen LogP contribution in [0.1, 0.15) is 22.3 Å². The van der Waals surface area contributed by atoms with Gasteiger partial charge in [-0.25, -0.2) is 0 Å². The zero-order valence-electron chi connectivity index (χ0n) is 16.5. The van der Waals surface area contributed by atoms with E-state index in [1.807, 2.05) is 63.2 Å². The Balaban J connectivity index is 1.59. The fourth-order valence-corrected chi connectivity index (χ4v) is 3.28. The number of piperazine rings is 1. The molecule has 0 spiro atoms. The molecule has 0 saturated carbocycles. The van der Waals surface area contributed by atoms with Gasteiger partial charge in [0.15, 0.2) is 0 Å². The lowest BCUT2D eigenvalue weighted by Gasteiger charge is -2.33. The van der Waals surface area contributed by atoms with E-state index in [2.05, 4.69) is 5.32 Å². The van der Waals surface area contributed by atoms with Crippen LogP contribution in [0.25, 0.3) is 0 Å². The van der Waals surface area contributed by atoms with Gasteiger partial charge in [0, 0.05) is 25.3 Å². The average molecular weight is 379 g/mol. The highest BCUT2D eigenvalue weighted by Gasteiger charge is 2.33. The van der Waals surface area contributed by atoms with Gasteiger partial charge in [-0.1, -0.05) is 42.0 Å². The quantitative estimate of drug-likeness (QED) is 0.811. The van der Waals surface area contributed by atoms with Crippen LogP contribution < -0.4 is 5.32 Å². The summed E-state index contributed by atoms with van der Waals surface area (Å²) in [6, 6.07) is 13.7. The summed E-state index contributed by atoms with van der Waals surface area (Å²) in [4.78, 5) is 40.2. The zero-order valence-corrected chi connectivity index (χ0v) is 16.5. The molecule has 0 aromatic heterocycles. The lowest BCUT2D eigenvalue weighted by atomic mass is 10.1. The number of nitrogens with one attached hydrogen (secondary N) is 1. The number of aryl methyl sites for hydroxylation is 3. The number of carbonyl (C=O) groups excluding carboxylic acids is 3. The van der Waals surface area contributed by atoms with Crippen LogP contribution in [0.15, 0.2) is 42.5 Å². The summed E-state index contributed by atoms with van der Waals surface area (Å²) in [6.45, 7) is 6.87. The standard InChI is InChI=1S/C22H25N3O3/c1-15-5-4-6-18(11-15)13-24-9-10-25(22(28)21(24)27)14-20(26)23-19-12-16(2)7-8-17(19)3/h4-8,11-12H,9-10,13-14H2,1-3H3,(H,23,26). The molecule has 3 amide bonds. The van der Waals surface area contributed by atoms with E-state index in [1.165, 1.54) is 9.80 Å². The van der Waals surface area contributed by atoms with Gasteiger partial charge in [0.25, 0.3) is 0 Å². The summed E-state index contributed by atoms with van der Waals surface area (Å²) < 4.78 is 0. The fraction of sp³-hybridized carbons (Fsp3) is 0.318. The van der Waals surface area contributed by atoms with E-state index in [4.69, 9.17) is 0 Å².